The first-order chi connectivity index (χ1) is 22.9. The van der Waals surface area contributed by atoms with E-state index in [1.807, 2.05) is 27.7 Å². The Kier molecular flexibility index (Phi) is 10.6. The van der Waals surface area contributed by atoms with Crippen LogP contribution in [0, 0.1) is 17.2 Å². The van der Waals surface area contributed by atoms with Gasteiger partial charge in [0.15, 0.2) is 11.6 Å². The van der Waals surface area contributed by atoms with Gasteiger partial charge in [-0.15, -0.1) is 0 Å². The van der Waals surface area contributed by atoms with Crippen molar-refractivity contribution in [3.8, 4) is 11.5 Å². The molecule has 4 fully saturated rings. The Morgan fingerprint density at radius 3 is 2.48 bits per heavy atom. The van der Waals surface area contributed by atoms with Crippen LogP contribution in [0.5, 0.6) is 11.5 Å². The number of benzene rings is 1. The lowest BCUT2D eigenvalue weighted by atomic mass is 9.67. The lowest BCUT2D eigenvalue weighted by Gasteiger charge is -2.54. The lowest BCUT2D eigenvalue weighted by Crippen LogP contribution is -2.60. The molecular formula is C34H51FN8O4S. The molecule has 1 aliphatic carbocycles. The van der Waals surface area contributed by atoms with Crippen molar-refractivity contribution in [2.75, 3.05) is 63.8 Å². The standard InChI is InChI=1S/C34H51FN8O4S/c1-24(2)43(25(3)4)33(44)29-17-27(35)5-6-30(29)47-31-18-37-23-38-32(31)41-14-9-26(20-41)19-40-21-34(22-40)10-7-28(8-11-34)39-48(45,46)42-15-12-36-13-16-42/h5-6,17-18,23-26,28,36,39H,7-16,19-22H2,1-4H3/t26-/m0/s1. The number of rotatable bonds is 11. The number of hydrogen-bond acceptors (Lipinski definition) is 9. The molecule has 1 aromatic heterocycles. The number of ether oxygens (including phenoxy) is 1. The fourth-order valence-corrected chi connectivity index (χ4v) is 9.58. The summed E-state index contributed by atoms with van der Waals surface area (Å²) < 4.78 is 50.9. The summed E-state index contributed by atoms with van der Waals surface area (Å²) in [5.41, 5.74) is 0.470. The molecule has 264 valence electrons. The molecule has 0 bridgehead atoms. The number of hydrogen-bond donors (Lipinski definition) is 2. The Labute approximate surface area is 284 Å². The number of nitrogens with one attached hydrogen (secondary N) is 2. The topological polar surface area (TPSA) is 123 Å². The minimum atomic E-state index is -3.42. The van der Waals surface area contributed by atoms with E-state index in [1.165, 1.54) is 24.5 Å². The lowest BCUT2D eigenvalue weighted by molar-refractivity contribution is -0.0387. The fourth-order valence-electron chi connectivity index (χ4n) is 8.11. The van der Waals surface area contributed by atoms with Crippen LogP contribution in [0.4, 0.5) is 10.2 Å². The highest BCUT2D eigenvalue weighted by Gasteiger charge is 2.46. The van der Waals surface area contributed by atoms with Gasteiger partial charge in [0, 0.05) is 77.0 Å². The molecule has 3 aliphatic heterocycles. The predicted octanol–water partition coefficient (Wildman–Crippen LogP) is 3.48. The number of nitrogens with zero attached hydrogens (tertiary/aromatic N) is 6. The van der Waals surface area contributed by atoms with E-state index in [2.05, 4.69) is 29.8 Å². The fraction of sp³-hybridized carbons (Fsp3) is 0.676. The van der Waals surface area contributed by atoms with Gasteiger partial charge in [-0.1, -0.05) is 0 Å². The molecule has 4 aliphatic rings. The second-order valence-electron chi connectivity index (χ2n) is 14.7. The SMILES string of the molecule is CC(C)N(C(=O)c1cc(F)ccc1Oc1cncnc1N1CC[C@@H](CN2CC3(CCC(NS(=O)(=O)N4CCNCC4)CC3)C2)C1)C(C)C. The number of halogens is 1. The van der Waals surface area contributed by atoms with Crippen LogP contribution in [-0.2, 0) is 10.2 Å². The van der Waals surface area contributed by atoms with Gasteiger partial charge >= 0.3 is 0 Å². The van der Waals surface area contributed by atoms with Crippen molar-refractivity contribution in [1.82, 2.24) is 34.1 Å². The number of amides is 1. The molecule has 2 N–H and O–H groups in total. The van der Waals surface area contributed by atoms with Crippen LogP contribution >= 0.6 is 0 Å². The normalized spacial score (nSPS) is 22.4. The summed E-state index contributed by atoms with van der Waals surface area (Å²) in [5, 5.41) is 3.21. The van der Waals surface area contributed by atoms with Gasteiger partial charge in [0.1, 0.15) is 17.9 Å². The zero-order valence-corrected chi connectivity index (χ0v) is 29.5. The molecule has 1 atom stereocenters. The van der Waals surface area contributed by atoms with E-state index in [0.717, 1.165) is 64.8 Å². The summed E-state index contributed by atoms with van der Waals surface area (Å²) in [7, 11) is -3.42. The zero-order valence-electron chi connectivity index (χ0n) is 28.7. The molecule has 1 saturated carbocycles. The average molecular weight is 687 g/mol. The van der Waals surface area contributed by atoms with Crippen molar-refractivity contribution in [1.29, 1.82) is 0 Å². The number of carbonyl (C=O) groups is 1. The Balaban J connectivity index is 1.02. The predicted molar refractivity (Wildman–Crippen MR) is 183 cm³/mol. The first kappa shape index (κ1) is 34.9. The summed E-state index contributed by atoms with van der Waals surface area (Å²) in [5.74, 6) is 1.07. The largest absolute Gasteiger partial charge is 0.451 e. The maximum atomic E-state index is 14.4. The van der Waals surface area contributed by atoms with Gasteiger partial charge in [0.2, 0.25) is 0 Å². The van der Waals surface area contributed by atoms with Crippen molar-refractivity contribution in [2.24, 2.45) is 11.3 Å². The van der Waals surface area contributed by atoms with Crippen LogP contribution in [0.2, 0.25) is 0 Å². The van der Waals surface area contributed by atoms with Crippen molar-refractivity contribution in [3.05, 3.63) is 42.1 Å². The van der Waals surface area contributed by atoms with Crippen LogP contribution < -0.4 is 19.7 Å². The Morgan fingerprint density at radius 2 is 1.79 bits per heavy atom. The van der Waals surface area contributed by atoms with Crippen LogP contribution in [-0.4, -0.2) is 115 Å². The molecule has 6 rings (SSSR count). The van der Waals surface area contributed by atoms with Gasteiger partial charge in [0.25, 0.3) is 16.1 Å². The van der Waals surface area contributed by atoms with Crippen LogP contribution in [0.25, 0.3) is 0 Å². The minimum Gasteiger partial charge on any atom is -0.451 e. The third-order valence-electron chi connectivity index (χ3n) is 10.4. The van der Waals surface area contributed by atoms with Crippen LogP contribution in [0.15, 0.2) is 30.7 Å². The van der Waals surface area contributed by atoms with E-state index in [1.54, 1.807) is 15.4 Å². The zero-order chi connectivity index (χ0) is 34.1. The van der Waals surface area contributed by atoms with Gasteiger partial charge in [0.05, 0.1) is 11.8 Å². The van der Waals surface area contributed by atoms with Crippen molar-refractivity contribution >= 4 is 21.9 Å². The Hall–Kier alpha value is -2.91. The quantitative estimate of drug-likeness (QED) is 0.366. The second kappa shape index (κ2) is 14.5. The number of aromatic nitrogens is 2. The van der Waals surface area contributed by atoms with E-state index in [-0.39, 0.29) is 35.3 Å². The van der Waals surface area contributed by atoms with Crippen LogP contribution in [0.3, 0.4) is 0 Å². The number of anilines is 1. The highest BCUT2D eigenvalue weighted by Crippen LogP contribution is 2.45. The number of likely N-dealkylation sites (tertiary alicyclic amines) is 1. The second-order valence-corrected chi connectivity index (χ2v) is 16.4. The van der Waals surface area contributed by atoms with Gasteiger partial charge < -0.3 is 24.8 Å². The van der Waals surface area contributed by atoms with Crippen molar-refractivity contribution in [3.63, 3.8) is 0 Å². The van der Waals surface area contributed by atoms with E-state index in [0.29, 0.717) is 49.1 Å². The molecule has 48 heavy (non-hydrogen) atoms. The third-order valence-corrected chi connectivity index (χ3v) is 12.1. The average Bonchev–Trinajstić information content (AvgIpc) is 3.50. The molecule has 1 aromatic carbocycles. The number of carbonyl (C=O) groups excluding carboxylic acids is 1. The number of piperazine rings is 1. The molecule has 14 heteroatoms. The van der Waals surface area contributed by atoms with Gasteiger partial charge in [-0.2, -0.15) is 17.4 Å². The molecule has 2 aromatic rings. The van der Waals surface area contributed by atoms with E-state index < -0.39 is 16.0 Å². The van der Waals surface area contributed by atoms with Gasteiger partial charge in [-0.05, 0) is 89.3 Å². The Morgan fingerprint density at radius 1 is 1.08 bits per heavy atom. The third kappa shape index (κ3) is 7.77. The van der Waals surface area contributed by atoms with Gasteiger partial charge in [-0.25, -0.2) is 14.4 Å². The summed E-state index contributed by atoms with van der Waals surface area (Å²) >= 11 is 0. The maximum Gasteiger partial charge on any atom is 0.279 e. The highest BCUT2D eigenvalue weighted by atomic mass is 32.2. The van der Waals surface area contributed by atoms with E-state index in [4.69, 9.17) is 4.74 Å². The van der Waals surface area contributed by atoms with Crippen molar-refractivity contribution < 1.29 is 22.3 Å². The Bertz CT molecular complexity index is 1530. The molecule has 3 saturated heterocycles. The first-order valence-corrected chi connectivity index (χ1v) is 18.9. The molecular weight excluding hydrogens is 635 g/mol. The maximum absolute atomic E-state index is 14.4. The summed E-state index contributed by atoms with van der Waals surface area (Å²) in [4.78, 5) is 28.8. The molecule has 12 nitrogen and oxygen atoms in total. The first-order valence-electron chi connectivity index (χ1n) is 17.5. The monoisotopic (exact) mass is 686 g/mol. The van der Waals surface area contributed by atoms with Crippen molar-refractivity contribution in [2.45, 2.75) is 77.9 Å². The smallest absolute Gasteiger partial charge is 0.279 e. The van der Waals surface area contributed by atoms with Crippen LogP contribution in [0.1, 0.15) is 70.2 Å². The molecule has 1 amide bonds. The minimum absolute atomic E-state index is 0.0192. The summed E-state index contributed by atoms with van der Waals surface area (Å²) in [6.07, 6.45) is 8.02. The molecule has 4 heterocycles. The summed E-state index contributed by atoms with van der Waals surface area (Å²) in [6, 6.07) is 3.93. The molecule has 0 unspecified atom stereocenters. The van der Waals surface area contributed by atoms with E-state index >= 15 is 0 Å². The molecule has 0 radical (unpaired) electrons. The van der Waals surface area contributed by atoms with Gasteiger partial charge in [-0.3, -0.25) is 4.79 Å². The molecule has 1 spiro atoms. The van der Waals surface area contributed by atoms with E-state index in [9.17, 15) is 17.6 Å². The highest BCUT2D eigenvalue weighted by molar-refractivity contribution is 7.87. The summed E-state index contributed by atoms with van der Waals surface area (Å²) in [6.45, 7) is 15.0.